The van der Waals surface area contributed by atoms with E-state index in [1.165, 1.54) is 0 Å². The lowest BCUT2D eigenvalue weighted by atomic mass is 9.95. The lowest BCUT2D eigenvalue weighted by molar-refractivity contribution is -0.119. The number of amides is 1. The Balaban J connectivity index is 0.00000364. The van der Waals surface area contributed by atoms with Gasteiger partial charge >= 0.3 is 0 Å². The zero-order valence-corrected chi connectivity index (χ0v) is 19.2. The zero-order valence-electron chi connectivity index (χ0n) is 16.8. The molecule has 1 aliphatic rings. The molecule has 1 aromatic rings. The molecular formula is C20H33IN4O2. The first-order chi connectivity index (χ1) is 12.3. The van der Waals surface area contributed by atoms with E-state index >= 15 is 0 Å². The Morgan fingerprint density at radius 2 is 2.07 bits per heavy atom. The van der Waals surface area contributed by atoms with Crippen molar-refractivity contribution in [3.8, 4) is 5.75 Å². The summed E-state index contributed by atoms with van der Waals surface area (Å²) in [5, 5.41) is 3.44. The number of nitrogens with two attached hydrogens (primary N) is 1. The number of likely N-dealkylation sites (tertiary alicyclic amines) is 1. The molecule has 152 valence electrons. The molecule has 1 atom stereocenters. The molecule has 1 unspecified atom stereocenters. The highest BCUT2D eigenvalue weighted by Gasteiger charge is 2.23. The molecule has 0 aliphatic carbocycles. The Hall–Kier alpha value is -1.51. The van der Waals surface area contributed by atoms with Crippen LogP contribution >= 0.6 is 24.0 Å². The molecule has 2 rings (SSSR count). The number of hydrogen-bond acceptors (Lipinski definition) is 3. The first-order valence-corrected chi connectivity index (χ1v) is 9.29. The third-order valence-corrected chi connectivity index (χ3v) is 4.35. The first-order valence-electron chi connectivity index (χ1n) is 9.29. The maximum atomic E-state index is 11.2. The van der Waals surface area contributed by atoms with Crippen molar-refractivity contribution in [2.45, 2.75) is 52.2 Å². The van der Waals surface area contributed by atoms with Gasteiger partial charge in [-0.2, -0.15) is 0 Å². The number of halogens is 1. The fourth-order valence-corrected chi connectivity index (χ4v) is 3.29. The highest BCUT2D eigenvalue weighted by atomic mass is 127. The minimum atomic E-state index is -0.243. The first kappa shape index (κ1) is 23.5. The van der Waals surface area contributed by atoms with Crippen molar-refractivity contribution in [1.82, 2.24) is 10.2 Å². The van der Waals surface area contributed by atoms with Gasteiger partial charge in [0.15, 0.2) is 5.96 Å². The van der Waals surface area contributed by atoms with Crippen LogP contribution in [0.3, 0.4) is 0 Å². The van der Waals surface area contributed by atoms with E-state index in [0.29, 0.717) is 18.9 Å². The van der Waals surface area contributed by atoms with E-state index in [4.69, 9.17) is 10.5 Å². The molecule has 3 N–H and O–H groups in total. The van der Waals surface area contributed by atoms with Crippen LogP contribution in [0.4, 0.5) is 0 Å². The van der Waals surface area contributed by atoms with E-state index in [0.717, 1.165) is 43.2 Å². The van der Waals surface area contributed by atoms with Gasteiger partial charge in [0, 0.05) is 38.7 Å². The molecule has 0 bridgehead atoms. The van der Waals surface area contributed by atoms with Crippen LogP contribution in [0.5, 0.6) is 5.75 Å². The number of para-hydroxylation sites is 1. The third kappa shape index (κ3) is 7.94. The van der Waals surface area contributed by atoms with Crippen molar-refractivity contribution in [3.05, 3.63) is 29.8 Å². The Bertz CT molecular complexity index is 643. The fraction of sp³-hybridized carbons (Fsp3) is 0.600. The topological polar surface area (TPSA) is 80.0 Å². The molecule has 1 heterocycles. The second kappa shape index (κ2) is 10.7. The van der Waals surface area contributed by atoms with Crippen LogP contribution in [-0.4, -0.2) is 42.5 Å². The monoisotopic (exact) mass is 488 g/mol. The number of nitrogens with zero attached hydrogens (tertiary/aromatic N) is 2. The maximum Gasteiger partial charge on any atom is 0.217 e. The van der Waals surface area contributed by atoms with Gasteiger partial charge in [-0.1, -0.05) is 18.2 Å². The number of benzene rings is 1. The van der Waals surface area contributed by atoms with Crippen LogP contribution in [-0.2, 0) is 11.3 Å². The summed E-state index contributed by atoms with van der Waals surface area (Å²) in [6.07, 6.45) is 2.52. The maximum absolute atomic E-state index is 11.2. The van der Waals surface area contributed by atoms with Gasteiger partial charge in [-0.25, -0.2) is 0 Å². The molecular weight excluding hydrogens is 455 g/mol. The molecule has 1 fully saturated rings. The van der Waals surface area contributed by atoms with Crippen LogP contribution in [0.25, 0.3) is 0 Å². The number of carbonyl (C=O) groups excluding carboxylic acids is 1. The predicted molar refractivity (Wildman–Crippen MR) is 121 cm³/mol. The summed E-state index contributed by atoms with van der Waals surface area (Å²) in [5.74, 6) is 1.81. The van der Waals surface area contributed by atoms with Gasteiger partial charge in [-0.05, 0) is 45.6 Å². The molecule has 27 heavy (non-hydrogen) atoms. The van der Waals surface area contributed by atoms with E-state index in [1.807, 2.05) is 39.0 Å². The van der Waals surface area contributed by atoms with Gasteiger partial charge in [0.25, 0.3) is 0 Å². The van der Waals surface area contributed by atoms with Crippen molar-refractivity contribution in [2.75, 3.05) is 20.1 Å². The normalized spacial score (nSPS) is 17.9. The van der Waals surface area contributed by atoms with E-state index in [-0.39, 0.29) is 35.5 Å². The van der Waals surface area contributed by atoms with Crippen LogP contribution < -0.4 is 15.8 Å². The molecule has 0 spiro atoms. The molecule has 0 saturated carbocycles. The average molecular weight is 488 g/mol. The second-order valence-corrected chi connectivity index (χ2v) is 7.85. The number of rotatable bonds is 5. The summed E-state index contributed by atoms with van der Waals surface area (Å²) in [7, 11) is 1.79. The van der Waals surface area contributed by atoms with Crippen LogP contribution in [0.2, 0.25) is 0 Å². The quantitative estimate of drug-likeness (QED) is 0.379. The number of piperidine rings is 1. The highest BCUT2D eigenvalue weighted by molar-refractivity contribution is 14.0. The SMILES string of the molecule is CN=C(NCc1ccccc1OC(C)(C)C)N1CCCC(CC(N)=O)C1.I. The fourth-order valence-electron chi connectivity index (χ4n) is 3.29. The number of nitrogens with one attached hydrogen (secondary N) is 1. The Kier molecular flexibility index (Phi) is 9.35. The van der Waals surface area contributed by atoms with Crippen LogP contribution in [0.1, 0.15) is 45.6 Å². The van der Waals surface area contributed by atoms with Gasteiger partial charge in [0.2, 0.25) is 5.91 Å². The van der Waals surface area contributed by atoms with E-state index in [1.54, 1.807) is 7.05 Å². The van der Waals surface area contributed by atoms with E-state index in [2.05, 4.69) is 21.3 Å². The number of primary amides is 1. The third-order valence-electron chi connectivity index (χ3n) is 4.35. The number of ether oxygens (including phenoxy) is 1. The number of aliphatic imine (C=N–C) groups is 1. The lowest BCUT2D eigenvalue weighted by Gasteiger charge is -2.34. The molecule has 1 saturated heterocycles. The summed E-state index contributed by atoms with van der Waals surface area (Å²) < 4.78 is 6.06. The summed E-state index contributed by atoms with van der Waals surface area (Å²) >= 11 is 0. The molecule has 0 aromatic heterocycles. The van der Waals surface area contributed by atoms with E-state index in [9.17, 15) is 4.79 Å². The van der Waals surface area contributed by atoms with Crippen molar-refractivity contribution >= 4 is 35.8 Å². The largest absolute Gasteiger partial charge is 0.488 e. The summed E-state index contributed by atoms with van der Waals surface area (Å²) in [6, 6.07) is 8.06. The summed E-state index contributed by atoms with van der Waals surface area (Å²) in [6.45, 7) is 8.52. The van der Waals surface area contributed by atoms with Crippen molar-refractivity contribution in [3.63, 3.8) is 0 Å². The van der Waals surface area contributed by atoms with Gasteiger partial charge in [0.05, 0.1) is 0 Å². The Morgan fingerprint density at radius 1 is 1.37 bits per heavy atom. The molecule has 1 aromatic carbocycles. The number of carbonyl (C=O) groups is 1. The van der Waals surface area contributed by atoms with Gasteiger partial charge in [0.1, 0.15) is 11.4 Å². The average Bonchev–Trinajstić information content (AvgIpc) is 2.55. The summed E-state index contributed by atoms with van der Waals surface area (Å²) in [4.78, 5) is 17.9. The minimum absolute atomic E-state index is 0. The lowest BCUT2D eigenvalue weighted by Crippen LogP contribution is -2.47. The van der Waals surface area contributed by atoms with Crippen molar-refractivity contribution < 1.29 is 9.53 Å². The molecule has 7 heteroatoms. The van der Waals surface area contributed by atoms with E-state index < -0.39 is 0 Å². The smallest absolute Gasteiger partial charge is 0.217 e. The molecule has 6 nitrogen and oxygen atoms in total. The number of hydrogen-bond donors (Lipinski definition) is 2. The van der Waals surface area contributed by atoms with Gasteiger partial charge in [-0.3, -0.25) is 9.79 Å². The zero-order chi connectivity index (χ0) is 19.2. The molecule has 0 radical (unpaired) electrons. The standard InChI is InChI=1S/C20H32N4O2.HI/c1-20(2,3)26-17-10-6-5-9-16(17)13-23-19(22-4)24-11-7-8-15(14-24)12-18(21)25;/h5-6,9-10,15H,7-8,11-14H2,1-4H3,(H2,21,25)(H,22,23);1H. The summed E-state index contributed by atoms with van der Waals surface area (Å²) in [5.41, 5.74) is 6.21. The van der Waals surface area contributed by atoms with Gasteiger partial charge in [-0.15, -0.1) is 24.0 Å². The Labute approximate surface area is 179 Å². The highest BCUT2D eigenvalue weighted by Crippen LogP contribution is 2.23. The second-order valence-electron chi connectivity index (χ2n) is 7.85. The minimum Gasteiger partial charge on any atom is -0.488 e. The van der Waals surface area contributed by atoms with Crippen LogP contribution in [0.15, 0.2) is 29.3 Å². The van der Waals surface area contributed by atoms with Crippen LogP contribution in [0, 0.1) is 5.92 Å². The number of guanidine groups is 1. The molecule has 1 aliphatic heterocycles. The Morgan fingerprint density at radius 3 is 2.70 bits per heavy atom. The van der Waals surface area contributed by atoms with Gasteiger partial charge < -0.3 is 20.7 Å². The molecule has 1 amide bonds. The predicted octanol–water partition coefficient (Wildman–Crippen LogP) is 3.14. The van der Waals surface area contributed by atoms with Crippen molar-refractivity contribution in [2.24, 2.45) is 16.6 Å². The van der Waals surface area contributed by atoms with Crippen molar-refractivity contribution in [1.29, 1.82) is 0 Å².